The second-order valence-corrected chi connectivity index (χ2v) is 4.87. The highest BCUT2D eigenvalue weighted by atomic mass is 16.3. The molecule has 2 N–H and O–H groups in total. The average Bonchev–Trinajstić information content (AvgIpc) is 2.49. The van der Waals surface area contributed by atoms with Crippen LogP contribution in [0.15, 0.2) is 40.7 Å². The number of fused-ring (bicyclic) bond motifs is 1. The van der Waals surface area contributed by atoms with Gasteiger partial charge in [0.1, 0.15) is 11.6 Å². The van der Waals surface area contributed by atoms with Gasteiger partial charge in [-0.1, -0.05) is 24.3 Å². The lowest BCUT2D eigenvalue weighted by Gasteiger charge is -2.06. The van der Waals surface area contributed by atoms with Crippen molar-refractivity contribution in [3.05, 3.63) is 46.2 Å². The van der Waals surface area contributed by atoms with Crippen molar-refractivity contribution >= 4 is 24.2 Å². The van der Waals surface area contributed by atoms with Crippen molar-refractivity contribution in [2.75, 3.05) is 5.43 Å². The van der Waals surface area contributed by atoms with E-state index in [0.29, 0.717) is 18.0 Å². The van der Waals surface area contributed by atoms with E-state index in [9.17, 15) is 5.11 Å². The van der Waals surface area contributed by atoms with Crippen molar-refractivity contribution in [3.63, 3.8) is 0 Å². The van der Waals surface area contributed by atoms with E-state index < -0.39 is 0 Å². The normalized spacial score (nSPS) is 17.6. The Kier molecular flexibility index (Phi) is 3.63. The van der Waals surface area contributed by atoms with Crippen LogP contribution in [-0.2, 0) is 0 Å². The maximum atomic E-state index is 9.71. The second kappa shape index (κ2) is 5.74. The van der Waals surface area contributed by atoms with Crippen LogP contribution in [0, 0.1) is 0 Å². The zero-order chi connectivity index (χ0) is 13.8. The number of nitrogens with zero attached hydrogens (tertiary/aromatic N) is 2. The summed E-state index contributed by atoms with van der Waals surface area (Å²) in [5.74, 6) is 1.10. The Morgan fingerprint density at radius 3 is 3.00 bits per heavy atom. The molecule has 0 fully saturated rings. The average molecular weight is 267 g/mol. The maximum absolute atomic E-state index is 9.71. The van der Waals surface area contributed by atoms with Gasteiger partial charge in [-0.25, -0.2) is 4.98 Å². The number of hydrazone groups is 1. The van der Waals surface area contributed by atoms with Crippen LogP contribution in [-0.4, -0.2) is 16.3 Å². The third-order valence-corrected chi connectivity index (χ3v) is 3.39. The van der Waals surface area contributed by atoms with E-state index in [1.165, 1.54) is 5.22 Å². The van der Waals surface area contributed by atoms with E-state index in [0.717, 1.165) is 30.2 Å². The van der Waals surface area contributed by atoms with Gasteiger partial charge in [-0.3, -0.25) is 5.43 Å². The zero-order valence-electron chi connectivity index (χ0n) is 11.2. The molecule has 0 aliphatic heterocycles. The number of hydrogen-bond donors (Lipinski definition) is 2. The topological polar surface area (TPSA) is 57.5 Å². The van der Waals surface area contributed by atoms with Crippen LogP contribution in [0.4, 0.5) is 5.82 Å². The van der Waals surface area contributed by atoms with Crippen molar-refractivity contribution in [1.29, 1.82) is 0 Å². The van der Waals surface area contributed by atoms with Crippen LogP contribution < -0.4 is 16.0 Å². The summed E-state index contributed by atoms with van der Waals surface area (Å²) in [6, 6.07) is 3.96. The minimum absolute atomic E-state index is 0.388. The number of nitrogens with one attached hydrogen (secondary N) is 1. The van der Waals surface area contributed by atoms with Crippen LogP contribution in [0.25, 0.3) is 12.2 Å². The van der Waals surface area contributed by atoms with Gasteiger partial charge in [-0.2, -0.15) is 5.10 Å². The number of aliphatic hydroxyl groups excluding tert-OH is 1. The molecule has 0 aromatic carbocycles. The molecule has 0 saturated heterocycles. The number of anilines is 1. The Morgan fingerprint density at radius 2 is 2.10 bits per heavy atom. The highest BCUT2D eigenvalue weighted by molar-refractivity contribution is 5.83. The largest absolute Gasteiger partial charge is 0.512 e. The fourth-order valence-corrected chi connectivity index (χ4v) is 2.30. The van der Waals surface area contributed by atoms with Gasteiger partial charge < -0.3 is 5.11 Å². The van der Waals surface area contributed by atoms with Crippen molar-refractivity contribution in [3.8, 4) is 0 Å². The molecule has 2 aliphatic carbocycles. The molecule has 0 unspecified atom stereocenters. The Labute approximate surface area is 117 Å². The smallest absolute Gasteiger partial charge is 0.146 e. The van der Waals surface area contributed by atoms with Gasteiger partial charge in [0.15, 0.2) is 0 Å². The van der Waals surface area contributed by atoms with E-state index >= 15 is 0 Å². The standard InChI is InChI=1S/C16H17N3O/c20-15-8-4-2-6-13(15)11-17-19-16-10-9-12-5-1-3-7-14(12)18-16/h2,5-7,9-11,20H,1,3-4,8H2,(H,18,19)/b17-11+. The Morgan fingerprint density at radius 1 is 1.20 bits per heavy atom. The first-order chi connectivity index (χ1) is 9.83. The van der Waals surface area contributed by atoms with E-state index in [-0.39, 0.29) is 0 Å². The van der Waals surface area contributed by atoms with Gasteiger partial charge in [0.25, 0.3) is 0 Å². The van der Waals surface area contributed by atoms with Crippen LogP contribution in [0.5, 0.6) is 0 Å². The van der Waals surface area contributed by atoms with E-state index in [4.69, 9.17) is 0 Å². The summed E-state index contributed by atoms with van der Waals surface area (Å²) in [6.45, 7) is 0. The van der Waals surface area contributed by atoms with Gasteiger partial charge in [0, 0.05) is 12.0 Å². The molecule has 0 amide bonds. The summed E-state index contributed by atoms with van der Waals surface area (Å²) in [7, 11) is 0. The second-order valence-electron chi connectivity index (χ2n) is 4.87. The number of allylic oxidation sites excluding steroid dienone is 4. The Bertz CT molecular complexity index is 714. The van der Waals surface area contributed by atoms with Crippen molar-refractivity contribution < 1.29 is 5.11 Å². The first-order valence-corrected chi connectivity index (χ1v) is 6.88. The molecule has 2 aliphatic rings. The first kappa shape index (κ1) is 12.7. The van der Waals surface area contributed by atoms with Crippen LogP contribution in [0.1, 0.15) is 25.7 Å². The van der Waals surface area contributed by atoms with Gasteiger partial charge in [0.2, 0.25) is 0 Å². The molecule has 4 nitrogen and oxygen atoms in total. The highest BCUT2D eigenvalue weighted by Crippen LogP contribution is 2.14. The number of pyridine rings is 1. The third kappa shape index (κ3) is 2.79. The SMILES string of the molecule is OC1=C(/C=N/Nc2ccc3c(n2)=CCCC=3)C=CCC1. The molecule has 20 heavy (non-hydrogen) atoms. The molecule has 1 heterocycles. The molecule has 1 aromatic heterocycles. The van der Waals surface area contributed by atoms with Crippen LogP contribution in [0.2, 0.25) is 0 Å². The number of aromatic nitrogens is 1. The predicted octanol–water partition coefficient (Wildman–Crippen LogP) is 2.00. The molecule has 0 atom stereocenters. The summed E-state index contributed by atoms with van der Waals surface area (Å²) in [6.07, 6.45) is 13.6. The fourth-order valence-electron chi connectivity index (χ4n) is 2.30. The van der Waals surface area contributed by atoms with E-state index in [2.05, 4.69) is 27.7 Å². The maximum Gasteiger partial charge on any atom is 0.146 e. The first-order valence-electron chi connectivity index (χ1n) is 6.88. The molecule has 102 valence electrons. The predicted molar refractivity (Wildman–Crippen MR) is 81.8 cm³/mol. The minimum Gasteiger partial charge on any atom is -0.512 e. The van der Waals surface area contributed by atoms with Crippen LogP contribution in [0.3, 0.4) is 0 Å². The Balaban J connectivity index is 1.75. The van der Waals surface area contributed by atoms with Gasteiger partial charge in [-0.15, -0.1) is 0 Å². The molecule has 0 bridgehead atoms. The third-order valence-electron chi connectivity index (χ3n) is 3.39. The van der Waals surface area contributed by atoms with E-state index in [1.807, 2.05) is 24.3 Å². The minimum atomic E-state index is 0.388. The molecule has 0 saturated carbocycles. The lowest BCUT2D eigenvalue weighted by Crippen LogP contribution is -2.30. The van der Waals surface area contributed by atoms with Gasteiger partial charge in [-0.05, 0) is 36.6 Å². The quantitative estimate of drug-likeness (QED) is 0.650. The molecular formula is C16H17N3O. The fraction of sp³-hybridized carbons (Fsp3) is 0.250. The van der Waals surface area contributed by atoms with Gasteiger partial charge in [0.05, 0.1) is 11.6 Å². The highest BCUT2D eigenvalue weighted by Gasteiger charge is 2.04. The zero-order valence-corrected chi connectivity index (χ0v) is 11.2. The summed E-state index contributed by atoms with van der Waals surface area (Å²) >= 11 is 0. The van der Waals surface area contributed by atoms with Crippen molar-refractivity contribution in [2.45, 2.75) is 25.7 Å². The molecule has 1 aromatic rings. The molecule has 0 radical (unpaired) electrons. The monoisotopic (exact) mass is 267 g/mol. The summed E-state index contributed by atoms with van der Waals surface area (Å²) in [4.78, 5) is 4.51. The number of rotatable bonds is 3. The van der Waals surface area contributed by atoms with E-state index in [1.54, 1.807) is 6.21 Å². The molecule has 3 rings (SSSR count). The molecule has 0 spiro atoms. The number of aliphatic hydroxyl groups is 1. The lowest BCUT2D eigenvalue weighted by atomic mass is 10.1. The van der Waals surface area contributed by atoms with Crippen molar-refractivity contribution in [2.24, 2.45) is 5.10 Å². The number of hydrogen-bond acceptors (Lipinski definition) is 4. The molecule has 4 heteroatoms. The summed E-state index contributed by atoms with van der Waals surface area (Å²) in [5.41, 5.74) is 3.66. The Hall–Kier alpha value is -2.36. The lowest BCUT2D eigenvalue weighted by molar-refractivity contribution is 0.385. The molecular weight excluding hydrogens is 250 g/mol. The summed E-state index contributed by atoms with van der Waals surface area (Å²) < 4.78 is 0. The van der Waals surface area contributed by atoms with Gasteiger partial charge >= 0.3 is 0 Å². The van der Waals surface area contributed by atoms with Crippen molar-refractivity contribution in [1.82, 2.24) is 4.98 Å². The van der Waals surface area contributed by atoms with Crippen LogP contribution >= 0.6 is 0 Å². The summed E-state index contributed by atoms with van der Waals surface area (Å²) in [5, 5.41) is 16.0.